The lowest BCUT2D eigenvalue weighted by molar-refractivity contribution is 0.0374. The molecule has 28 heavy (non-hydrogen) atoms. The summed E-state index contributed by atoms with van der Waals surface area (Å²) in [7, 11) is 0. The highest BCUT2D eigenvalue weighted by Crippen LogP contribution is 2.26. The van der Waals surface area contributed by atoms with Crippen molar-refractivity contribution in [1.29, 1.82) is 0 Å². The number of carbonyl (C=O) groups is 1. The first-order chi connectivity index (χ1) is 13.7. The first-order valence-corrected chi connectivity index (χ1v) is 10.5. The number of ether oxygens (including phenoxy) is 1. The van der Waals surface area contributed by atoms with Crippen LogP contribution in [0.25, 0.3) is 10.2 Å². The lowest BCUT2D eigenvalue weighted by Crippen LogP contribution is -2.38. The van der Waals surface area contributed by atoms with Gasteiger partial charge in [0.2, 0.25) is 0 Å². The van der Waals surface area contributed by atoms with Gasteiger partial charge in [-0.1, -0.05) is 18.2 Å². The van der Waals surface area contributed by atoms with Gasteiger partial charge in [-0.15, -0.1) is 11.3 Å². The van der Waals surface area contributed by atoms with Crippen LogP contribution in [0.4, 0.5) is 4.39 Å². The van der Waals surface area contributed by atoms with Crippen molar-refractivity contribution in [2.24, 2.45) is 0 Å². The number of carbonyl (C=O) groups excluding carboxylic acids is 1. The third-order valence-electron chi connectivity index (χ3n) is 5.08. The van der Waals surface area contributed by atoms with E-state index in [2.05, 4.69) is 10.2 Å². The topological polar surface area (TPSA) is 46.5 Å². The molecule has 1 aromatic carbocycles. The Hall–Kier alpha value is -2.22. The van der Waals surface area contributed by atoms with Gasteiger partial charge in [-0.2, -0.15) is 0 Å². The van der Waals surface area contributed by atoms with Crippen molar-refractivity contribution in [3.63, 3.8) is 0 Å². The monoisotopic (exact) mass is 401 g/mol. The van der Waals surface area contributed by atoms with Crippen molar-refractivity contribution in [2.75, 3.05) is 39.4 Å². The van der Waals surface area contributed by atoms with Gasteiger partial charge in [0, 0.05) is 25.2 Å². The fourth-order valence-corrected chi connectivity index (χ4v) is 4.37. The van der Waals surface area contributed by atoms with Crippen molar-refractivity contribution in [1.82, 2.24) is 14.8 Å². The van der Waals surface area contributed by atoms with Crippen LogP contribution in [-0.4, -0.2) is 54.8 Å². The highest BCUT2D eigenvalue weighted by atomic mass is 32.1. The second kappa shape index (κ2) is 8.86. The predicted molar refractivity (Wildman–Crippen MR) is 110 cm³/mol. The molecule has 0 atom stereocenters. The minimum atomic E-state index is -0.253. The Morgan fingerprint density at radius 2 is 2.04 bits per heavy atom. The first kappa shape index (κ1) is 19.1. The molecule has 0 bridgehead atoms. The molecule has 5 nitrogen and oxygen atoms in total. The van der Waals surface area contributed by atoms with E-state index in [4.69, 9.17) is 4.74 Å². The molecule has 3 aromatic rings. The third kappa shape index (κ3) is 4.27. The van der Waals surface area contributed by atoms with Crippen molar-refractivity contribution < 1.29 is 13.9 Å². The van der Waals surface area contributed by atoms with Crippen LogP contribution in [0, 0.1) is 5.82 Å². The smallest absolute Gasteiger partial charge is 0.267 e. The molecular weight excluding hydrogens is 377 g/mol. The molecule has 148 valence electrons. The molecular formula is C21H24FN3O2S. The number of nitrogens with zero attached hydrogens (tertiary/aromatic N) is 2. The van der Waals surface area contributed by atoms with Gasteiger partial charge in [-0.05, 0) is 36.5 Å². The summed E-state index contributed by atoms with van der Waals surface area (Å²) in [5, 5.41) is 5.02. The van der Waals surface area contributed by atoms with Gasteiger partial charge in [0.15, 0.2) is 0 Å². The number of morpholine rings is 1. The molecule has 0 saturated carbocycles. The molecule has 1 N–H and O–H groups in total. The predicted octanol–water partition coefficient (Wildman–Crippen LogP) is 3.34. The lowest BCUT2D eigenvalue weighted by Gasteiger charge is -2.26. The molecule has 3 heterocycles. The average Bonchev–Trinajstić information content (AvgIpc) is 3.30. The van der Waals surface area contributed by atoms with Gasteiger partial charge < -0.3 is 14.6 Å². The molecule has 1 amide bonds. The van der Waals surface area contributed by atoms with E-state index in [1.54, 1.807) is 23.5 Å². The zero-order chi connectivity index (χ0) is 19.3. The Kier molecular flexibility index (Phi) is 6.04. The maximum Gasteiger partial charge on any atom is 0.267 e. The highest BCUT2D eigenvalue weighted by molar-refractivity contribution is 7.17. The normalized spacial score (nSPS) is 15.2. The van der Waals surface area contributed by atoms with Gasteiger partial charge in [0.1, 0.15) is 11.5 Å². The van der Waals surface area contributed by atoms with Gasteiger partial charge in [-0.25, -0.2) is 4.39 Å². The molecule has 4 rings (SSSR count). The standard InChI is InChI=1S/C21H24FN3O2S/c22-17-5-2-1-4-16(17)15-25-18-6-13-28-20(18)14-19(25)21(26)23-7-3-8-24-9-11-27-12-10-24/h1-2,4-6,13-14H,3,7-12,15H2,(H,23,26). The summed E-state index contributed by atoms with van der Waals surface area (Å²) in [5.41, 5.74) is 2.12. The molecule has 1 aliphatic heterocycles. The van der Waals surface area contributed by atoms with Crippen LogP contribution in [0.1, 0.15) is 22.5 Å². The Morgan fingerprint density at radius 1 is 1.21 bits per heavy atom. The fraction of sp³-hybridized carbons (Fsp3) is 0.381. The Labute approximate surface area is 167 Å². The minimum Gasteiger partial charge on any atom is -0.379 e. The number of amides is 1. The summed E-state index contributed by atoms with van der Waals surface area (Å²) in [6, 6.07) is 10.6. The Balaban J connectivity index is 1.43. The highest BCUT2D eigenvalue weighted by Gasteiger charge is 2.17. The maximum absolute atomic E-state index is 14.1. The van der Waals surface area contributed by atoms with Crippen LogP contribution in [0.2, 0.25) is 0 Å². The summed E-state index contributed by atoms with van der Waals surface area (Å²) in [5.74, 6) is -0.363. The molecule has 0 radical (unpaired) electrons. The average molecular weight is 402 g/mol. The zero-order valence-corrected chi connectivity index (χ0v) is 16.5. The van der Waals surface area contributed by atoms with Crippen molar-refractivity contribution >= 4 is 27.5 Å². The number of benzene rings is 1. The third-order valence-corrected chi connectivity index (χ3v) is 5.94. The quantitative estimate of drug-likeness (QED) is 0.618. The van der Waals surface area contributed by atoms with E-state index in [1.165, 1.54) is 6.07 Å². The van der Waals surface area contributed by atoms with Gasteiger partial charge >= 0.3 is 0 Å². The fourth-order valence-electron chi connectivity index (χ4n) is 3.55. The largest absolute Gasteiger partial charge is 0.379 e. The summed E-state index contributed by atoms with van der Waals surface area (Å²) >= 11 is 1.59. The van der Waals surface area contributed by atoms with Crippen LogP contribution in [-0.2, 0) is 11.3 Å². The number of halogens is 1. The van der Waals surface area contributed by atoms with Gasteiger partial charge in [-0.3, -0.25) is 9.69 Å². The number of hydrogen-bond donors (Lipinski definition) is 1. The number of fused-ring (bicyclic) bond motifs is 1. The van der Waals surface area contributed by atoms with Crippen molar-refractivity contribution in [3.8, 4) is 0 Å². The van der Waals surface area contributed by atoms with E-state index >= 15 is 0 Å². The first-order valence-electron chi connectivity index (χ1n) is 9.61. The van der Waals surface area contributed by atoms with E-state index in [-0.39, 0.29) is 11.7 Å². The summed E-state index contributed by atoms with van der Waals surface area (Å²) in [4.78, 5) is 15.2. The number of hydrogen-bond acceptors (Lipinski definition) is 4. The molecule has 0 spiro atoms. The molecule has 1 fully saturated rings. The molecule has 0 unspecified atom stereocenters. The van der Waals surface area contributed by atoms with Crippen LogP contribution in [0.5, 0.6) is 0 Å². The van der Waals surface area contributed by atoms with E-state index in [0.717, 1.165) is 49.5 Å². The molecule has 1 aliphatic rings. The Bertz CT molecular complexity index is 946. The van der Waals surface area contributed by atoms with Crippen molar-refractivity contribution in [3.05, 3.63) is 58.9 Å². The van der Waals surface area contributed by atoms with Crippen LogP contribution >= 0.6 is 11.3 Å². The number of rotatable bonds is 7. The van der Waals surface area contributed by atoms with Gasteiger partial charge in [0.25, 0.3) is 5.91 Å². The summed E-state index contributed by atoms with van der Waals surface area (Å²) in [6.07, 6.45) is 0.897. The molecule has 0 aliphatic carbocycles. The SMILES string of the molecule is O=C(NCCCN1CCOCC1)c1cc2sccc2n1Cc1ccccc1F. The summed E-state index contributed by atoms with van der Waals surface area (Å²) < 4.78 is 22.4. The Morgan fingerprint density at radius 3 is 2.86 bits per heavy atom. The van der Waals surface area contributed by atoms with E-state index in [1.807, 2.05) is 28.1 Å². The minimum absolute atomic E-state index is 0.110. The van der Waals surface area contributed by atoms with Crippen LogP contribution < -0.4 is 5.32 Å². The van der Waals surface area contributed by atoms with E-state index < -0.39 is 0 Å². The van der Waals surface area contributed by atoms with Gasteiger partial charge in [0.05, 0.1) is 30.0 Å². The van der Waals surface area contributed by atoms with Crippen LogP contribution in [0.3, 0.4) is 0 Å². The zero-order valence-electron chi connectivity index (χ0n) is 15.7. The van der Waals surface area contributed by atoms with E-state index in [9.17, 15) is 9.18 Å². The van der Waals surface area contributed by atoms with Crippen molar-refractivity contribution in [2.45, 2.75) is 13.0 Å². The number of nitrogens with one attached hydrogen (secondary N) is 1. The molecule has 7 heteroatoms. The number of thiophene rings is 1. The molecule has 2 aromatic heterocycles. The second-order valence-corrected chi connectivity index (χ2v) is 7.89. The maximum atomic E-state index is 14.1. The van der Waals surface area contributed by atoms with E-state index in [0.29, 0.717) is 24.3 Å². The van der Waals surface area contributed by atoms with Crippen LogP contribution in [0.15, 0.2) is 41.8 Å². The lowest BCUT2D eigenvalue weighted by atomic mass is 10.2. The molecule has 1 saturated heterocycles. The second-order valence-electron chi connectivity index (χ2n) is 6.94. The summed E-state index contributed by atoms with van der Waals surface area (Å²) in [6.45, 7) is 5.39. The number of aromatic nitrogens is 1.